The molecule has 5 nitrogen and oxygen atoms in total. The molecule has 0 radical (unpaired) electrons. The molecule has 0 fully saturated rings. The molecule has 102 valence electrons. The highest BCUT2D eigenvalue weighted by Crippen LogP contribution is 2.22. The molecule has 1 aromatic carbocycles. The molecule has 2 rings (SSSR count). The summed E-state index contributed by atoms with van der Waals surface area (Å²) in [4.78, 5) is 25.9. The van der Waals surface area contributed by atoms with Crippen molar-refractivity contribution in [2.24, 2.45) is 5.73 Å². The highest BCUT2D eigenvalue weighted by atomic mass is 79.9. The predicted octanol–water partition coefficient (Wildman–Crippen LogP) is 2.02. The Kier molecular flexibility index (Phi) is 4.31. The first-order valence-electron chi connectivity index (χ1n) is 5.57. The maximum absolute atomic E-state index is 12.1. The van der Waals surface area contributed by atoms with Crippen LogP contribution in [0.1, 0.15) is 15.9 Å². The number of nitrogens with two attached hydrogens (primary N) is 1. The number of H-pyrrole nitrogens is 1. The molecule has 0 saturated carbocycles. The van der Waals surface area contributed by atoms with Crippen molar-refractivity contribution >= 4 is 44.7 Å². The molecule has 0 spiro atoms. The molecule has 20 heavy (non-hydrogen) atoms. The molecule has 0 unspecified atom stereocenters. The summed E-state index contributed by atoms with van der Waals surface area (Å²) in [7, 11) is 0. The Morgan fingerprint density at radius 2 is 2.05 bits per heavy atom. The number of pyridine rings is 1. The number of halogens is 1. The lowest BCUT2D eigenvalue weighted by Crippen LogP contribution is -2.19. The zero-order valence-electron chi connectivity index (χ0n) is 10.1. The summed E-state index contributed by atoms with van der Waals surface area (Å²) < 4.78 is 0.777. The lowest BCUT2D eigenvalue weighted by Gasteiger charge is -2.10. The van der Waals surface area contributed by atoms with E-state index in [1.54, 1.807) is 18.2 Å². The van der Waals surface area contributed by atoms with Crippen LogP contribution in [0.4, 0.5) is 5.69 Å². The van der Waals surface area contributed by atoms with Gasteiger partial charge in [0.1, 0.15) is 4.99 Å². The zero-order valence-corrected chi connectivity index (χ0v) is 12.5. The maximum atomic E-state index is 12.1. The summed E-state index contributed by atoms with van der Waals surface area (Å²) in [5, 5.41) is 2.69. The van der Waals surface area contributed by atoms with Crippen molar-refractivity contribution in [3.63, 3.8) is 0 Å². The van der Waals surface area contributed by atoms with E-state index in [9.17, 15) is 9.59 Å². The van der Waals surface area contributed by atoms with Gasteiger partial charge in [0.15, 0.2) is 0 Å². The molecule has 1 amide bonds. The molecule has 0 aliphatic heterocycles. The topological polar surface area (TPSA) is 88.0 Å². The first-order valence-corrected chi connectivity index (χ1v) is 6.77. The summed E-state index contributed by atoms with van der Waals surface area (Å²) in [5.41, 5.74) is 6.56. The third-order valence-corrected chi connectivity index (χ3v) is 3.25. The minimum Gasteiger partial charge on any atom is -0.389 e. The van der Waals surface area contributed by atoms with Gasteiger partial charge in [-0.25, -0.2) is 0 Å². The molecule has 1 heterocycles. The number of carbonyl (C=O) groups is 1. The number of amides is 1. The molecule has 0 atom stereocenters. The van der Waals surface area contributed by atoms with Crippen molar-refractivity contribution in [1.29, 1.82) is 0 Å². The van der Waals surface area contributed by atoms with E-state index < -0.39 is 5.91 Å². The Morgan fingerprint density at radius 1 is 1.30 bits per heavy atom. The highest BCUT2D eigenvalue weighted by Gasteiger charge is 2.11. The smallest absolute Gasteiger partial charge is 0.255 e. The number of aromatic amines is 1. The van der Waals surface area contributed by atoms with Gasteiger partial charge in [0, 0.05) is 27.9 Å². The van der Waals surface area contributed by atoms with Crippen molar-refractivity contribution < 1.29 is 4.79 Å². The van der Waals surface area contributed by atoms with Crippen LogP contribution in [0.2, 0.25) is 0 Å². The fraction of sp³-hybridized carbons (Fsp3) is 0. The molecule has 7 heteroatoms. The van der Waals surface area contributed by atoms with E-state index in [0.29, 0.717) is 11.3 Å². The van der Waals surface area contributed by atoms with E-state index in [2.05, 4.69) is 26.2 Å². The number of thiocarbonyl (C=S) groups is 1. The van der Waals surface area contributed by atoms with E-state index >= 15 is 0 Å². The summed E-state index contributed by atoms with van der Waals surface area (Å²) in [6.45, 7) is 0. The Hall–Kier alpha value is -1.99. The van der Waals surface area contributed by atoms with Crippen LogP contribution in [0.5, 0.6) is 0 Å². The van der Waals surface area contributed by atoms with Gasteiger partial charge in [0.05, 0.1) is 5.69 Å². The second kappa shape index (κ2) is 5.98. The molecule has 2 aromatic rings. The second-order valence-corrected chi connectivity index (χ2v) is 5.31. The van der Waals surface area contributed by atoms with Crippen molar-refractivity contribution in [3.8, 4) is 0 Å². The third-order valence-electron chi connectivity index (χ3n) is 2.53. The second-order valence-electron chi connectivity index (χ2n) is 3.95. The van der Waals surface area contributed by atoms with Gasteiger partial charge < -0.3 is 16.0 Å². The predicted molar refractivity (Wildman–Crippen MR) is 85.0 cm³/mol. The number of hydrogen-bond acceptors (Lipinski definition) is 3. The highest BCUT2D eigenvalue weighted by molar-refractivity contribution is 9.10. The maximum Gasteiger partial charge on any atom is 0.255 e. The molecular weight excluding hydrogens is 342 g/mol. The van der Waals surface area contributed by atoms with E-state index in [-0.39, 0.29) is 16.1 Å². The normalized spacial score (nSPS) is 10.1. The number of carbonyl (C=O) groups excluding carboxylic acids is 1. The largest absolute Gasteiger partial charge is 0.389 e. The summed E-state index contributed by atoms with van der Waals surface area (Å²) in [5.74, 6) is -0.410. The SMILES string of the molecule is NC(=S)c1ccc(Br)cc1NC(=O)c1cc[nH]c(=O)c1. The monoisotopic (exact) mass is 351 g/mol. The van der Waals surface area contributed by atoms with Gasteiger partial charge in [-0.05, 0) is 24.3 Å². The number of hydrogen-bond donors (Lipinski definition) is 3. The van der Waals surface area contributed by atoms with Crippen LogP contribution < -0.4 is 16.6 Å². The third kappa shape index (κ3) is 3.31. The molecule has 0 aliphatic carbocycles. The van der Waals surface area contributed by atoms with Gasteiger partial charge in [-0.1, -0.05) is 28.1 Å². The van der Waals surface area contributed by atoms with Gasteiger partial charge in [-0.3, -0.25) is 9.59 Å². The Morgan fingerprint density at radius 3 is 2.70 bits per heavy atom. The average Bonchev–Trinajstić information content (AvgIpc) is 2.38. The van der Waals surface area contributed by atoms with E-state index in [4.69, 9.17) is 18.0 Å². The quantitative estimate of drug-likeness (QED) is 0.738. The van der Waals surface area contributed by atoms with Crippen molar-refractivity contribution in [3.05, 3.63) is 62.5 Å². The number of benzene rings is 1. The minimum absolute atomic E-state index is 0.179. The lowest BCUT2D eigenvalue weighted by atomic mass is 10.1. The summed E-state index contributed by atoms with van der Waals surface area (Å²) >= 11 is 8.25. The van der Waals surface area contributed by atoms with Crippen LogP contribution >= 0.6 is 28.1 Å². The van der Waals surface area contributed by atoms with Gasteiger partial charge in [-0.2, -0.15) is 0 Å². The summed E-state index contributed by atoms with van der Waals surface area (Å²) in [6, 6.07) is 7.90. The molecule has 0 aliphatic rings. The van der Waals surface area contributed by atoms with Crippen molar-refractivity contribution in [2.75, 3.05) is 5.32 Å². The molecule has 1 aromatic heterocycles. The van der Waals surface area contributed by atoms with Crippen LogP contribution in [-0.4, -0.2) is 15.9 Å². The average molecular weight is 352 g/mol. The zero-order chi connectivity index (χ0) is 14.7. The minimum atomic E-state index is -0.410. The Balaban J connectivity index is 2.34. The first-order chi connectivity index (χ1) is 9.47. The lowest BCUT2D eigenvalue weighted by molar-refractivity contribution is 0.102. The number of nitrogens with one attached hydrogen (secondary N) is 2. The van der Waals surface area contributed by atoms with Crippen molar-refractivity contribution in [2.45, 2.75) is 0 Å². The Labute approximate surface area is 128 Å². The van der Waals surface area contributed by atoms with Crippen LogP contribution in [-0.2, 0) is 0 Å². The van der Waals surface area contributed by atoms with Crippen LogP contribution in [0, 0.1) is 0 Å². The van der Waals surface area contributed by atoms with Gasteiger partial charge in [-0.15, -0.1) is 0 Å². The fourth-order valence-corrected chi connectivity index (χ4v) is 2.15. The molecule has 0 bridgehead atoms. The van der Waals surface area contributed by atoms with E-state index in [1.807, 2.05) is 0 Å². The van der Waals surface area contributed by atoms with E-state index in [0.717, 1.165) is 4.47 Å². The Bertz CT molecular complexity index is 742. The fourth-order valence-electron chi connectivity index (χ4n) is 1.62. The molecule has 4 N–H and O–H groups in total. The van der Waals surface area contributed by atoms with Crippen molar-refractivity contribution in [1.82, 2.24) is 4.98 Å². The van der Waals surface area contributed by atoms with Crippen LogP contribution in [0.15, 0.2) is 45.8 Å². The number of anilines is 1. The number of rotatable bonds is 3. The van der Waals surface area contributed by atoms with Crippen LogP contribution in [0.3, 0.4) is 0 Å². The van der Waals surface area contributed by atoms with Gasteiger partial charge in [0.2, 0.25) is 5.56 Å². The molecular formula is C13H10BrN3O2S. The van der Waals surface area contributed by atoms with Crippen LogP contribution in [0.25, 0.3) is 0 Å². The number of aromatic nitrogens is 1. The standard InChI is InChI=1S/C13H10BrN3O2S/c14-8-1-2-9(12(15)20)10(6-8)17-13(19)7-3-4-16-11(18)5-7/h1-6H,(H2,15,20)(H,16,18)(H,17,19). The van der Waals surface area contributed by atoms with Gasteiger partial charge >= 0.3 is 0 Å². The van der Waals surface area contributed by atoms with Gasteiger partial charge in [0.25, 0.3) is 5.91 Å². The summed E-state index contributed by atoms with van der Waals surface area (Å²) in [6.07, 6.45) is 1.41. The van der Waals surface area contributed by atoms with E-state index in [1.165, 1.54) is 18.3 Å². The first kappa shape index (κ1) is 14.4. The molecule has 0 saturated heterocycles.